The molecule has 0 aromatic rings. The summed E-state index contributed by atoms with van der Waals surface area (Å²) >= 11 is 0. The van der Waals surface area contributed by atoms with Gasteiger partial charge in [-0.1, -0.05) is 33.1 Å². The Morgan fingerprint density at radius 2 is 1.78 bits per heavy atom. The fraction of sp³-hybridized carbons (Fsp3) is 1.00. The minimum absolute atomic E-state index is 0.0129. The molecule has 0 spiro atoms. The van der Waals surface area contributed by atoms with Crippen molar-refractivity contribution in [3.05, 3.63) is 0 Å². The minimum Gasteiger partial charge on any atom is -0.393 e. The molecule has 0 bridgehead atoms. The van der Waals surface area contributed by atoms with Gasteiger partial charge in [0, 0.05) is 19.6 Å². The Hall–Kier alpha value is -0.0800. The Balaban J connectivity index is 1.73. The van der Waals surface area contributed by atoms with Crippen LogP contribution in [-0.4, -0.2) is 35.7 Å². The van der Waals surface area contributed by atoms with Crippen molar-refractivity contribution in [1.29, 1.82) is 0 Å². The lowest BCUT2D eigenvalue weighted by atomic mass is 9.72. The van der Waals surface area contributed by atoms with Gasteiger partial charge >= 0.3 is 0 Å². The van der Waals surface area contributed by atoms with Gasteiger partial charge < -0.3 is 10.0 Å². The largest absolute Gasteiger partial charge is 0.393 e. The molecule has 2 heteroatoms. The number of hydrogen-bond donors (Lipinski definition) is 1. The van der Waals surface area contributed by atoms with Gasteiger partial charge in [-0.3, -0.25) is 0 Å². The van der Waals surface area contributed by atoms with Gasteiger partial charge in [-0.25, -0.2) is 0 Å². The van der Waals surface area contributed by atoms with Crippen LogP contribution < -0.4 is 0 Å². The SMILES string of the molecule is CCCC1(CCC)CN(CC2CCCC(O)C2)C1. The summed E-state index contributed by atoms with van der Waals surface area (Å²) in [5, 5.41) is 9.74. The van der Waals surface area contributed by atoms with Crippen LogP contribution in [-0.2, 0) is 0 Å². The van der Waals surface area contributed by atoms with Crippen LogP contribution in [0.2, 0.25) is 0 Å². The van der Waals surface area contributed by atoms with Crippen molar-refractivity contribution < 1.29 is 5.11 Å². The van der Waals surface area contributed by atoms with E-state index in [0.29, 0.717) is 5.41 Å². The Morgan fingerprint density at radius 3 is 2.33 bits per heavy atom. The van der Waals surface area contributed by atoms with Gasteiger partial charge in [0.15, 0.2) is 0 Å². The van der Waals surface area contributed by atoms with Crippen LogP contribution in [0.15, 0.2) is 0 Å². The minimum atomic E-state index is -0.0129. The van der Waals surface area contributed by atoms with Crippen molar-refractivity contribution in [1.82, 2.24) is 4.90 Å². The van der Waals surface area contributed by atoms with E-state index in [4.69, 9.17) is 0 Å². The monoisotopic (exact) mass is 253 g/mol. The second-order valence-electron chi connectivity index (χ2n) is 6.86. The fourth-order valence-corrected chi connectivity index (χ4v) is 4.33. The number of rotatable bonds is 6. The first-order valence-electron chi connectivity index (χ1n) is 8.08. The normalized spacial score (nSPS) is 32.2. The predicted octanol–water partition coefficient (Wildman–Crippen LogP) is 3.44. The first kappa shape index (κ1) is 14.3. The molecule has 1 aliphatic carbocycles. The van der Waals surface area contributed by atoms with E-state index in [1.54, 1.807) is 0 Å². The van der Waals surface area contributed by atoms with Crippen LogP contribution in [0.3, 0.4) is 0 Å². The lowest BCUT2D eigenvalue weighted by Crippen LogP contribution is -2.57. The van der Waals surface area contributed by atoms with E-state index in [9.17, 15) is 5.11 Å². The zero-order valence-electron chi connectivity index (χ0n) is 12.3. The molecular weight excluding hydrogens is 222 g/mol. The van der Waals surface area contributed by atoms with Gasteiger partial charge in [-0.05, 0) is 43.4 Å². The van der Waals surface area contributed by atoms with Crippen LogP contribution in [0.5, 0.6) is 0 Å². The van der Waals surface area contributed by atoms with Gasteiger partial charge in [0.25, 0.3) is 0 Å². The average molecular weight is 253 g/mol. The lowest BCUT2D eigenvalue weighted by molar-refractivity contribution is -0.0331. The molecule has 106 valence electrons. The highest BCUT2D eigenvalue weighted by atomic mass is 16.3. The average Bonchev–Trinajstić information content (AvgIpc) is 2.27. The zero-order valence-corrected chi connectivity index (χ0v) is 12.3. The van der Waals surface area contributed by atoms with Gasteiger partial charge in [0.1, 0.15) is 0 Å². The Morgan fingerprint density at radius 1 is 1.11 bits per heavy atom. The molecule has 1 heterocycles. The van der Waals surface area contributed by atoms with Crippen molar-refractivity contribution in [2.45, 2.75) is 71.3 Å². The van der Waals surface area contributed by atoms with Crippen LogP contribution >= 0.6 is 0 Å². The highest BCUT2D eigenvalue weighted by molar-refractivity contribution is 4.95. The van der Waals surface area contributed by atoms with Crippen LogP contribution in [0.4, 0.5) is 0 Å². The molecular formula is C16H31NO. The number of aliphatic hydroxyl groups is 1. The Labute approximate surface area is 113 Å². The van der Waals surface area contributed by atoms with Crippen molar-refractivity contribution in [2.75, 3.05) is 19.6 Å². The maximum Gasteiger partial charge on any atom is 0.0543 e. The summed E-state index contributed by atoms with van der Waals surface area (Å²) in [5.74, 6) is 0.759. The molecule has 1 N–H and O–H groups in total. The number of nitrogens with zero attached hydrogens (tertiary/aromatic N) is 1. The van der Waals surface area contributed by atoms with E-state index < -0.39 is 0 Å². The summed E-state index contributed by atoms with van der Waals surface area (Å²) in [6.45, 7) is 8.52. The smallest absolute Gasteiger partial charge is 0.0543 e. The summed E-state index contributed by atoms with van der Waals surface area (Å²) < 4.78 is 0. The summed E-state index contributed by atoms with van der Waals surface area (Å²) in [5.41, 5.74) is 0.650. The molecule has 2 unspecified atom stereocenters. The molecule has 0 radical (unpaired) electrons. The standard InChI is InChI=1S/C16H31NO/c1-3-8-16(9-4-2)12-17(13-16)11-14-6-5-7-15(18)10-14/h14-15,18H,3-13H2,1-2H3. The van der Waals surface area contributed by atoms with Crippen LogP contribution in [0, 0.1) is 11.3 Å². The summed E-state index contributed by atoms with van der Waals surface area (Å²) in [7, 11) is 0. The highest BCUT2D eigenvalue weighted by Gasteiger charge is 2.41. The van der Waals surface area contributed by atoms with Crippen molar-refractivity contribution in [3.8, 4) is 0 Å². The van der Waals surface area contributed by atoms with E-state index in [1.807, 2.05) is 0 Å². The summed E-state index contributed by atoms with van der Waals surface area (Å²) in [6.07, 6.45) is 10.1. The number of hydrogen-bond acceptors (Lipinski definition) is 2. The van der Waals surface area contributed by atoms with Gasteiger partial charge in [-0.2, -0.15) is 0 Å². The first-order chi connectivity index (χ1) is 8.67. The lowest BCUT2D eigenvalue weighted by Gasteiger charge is -2.52. The fourth-order valence-electron chi connectivity index (χ4n) is 4.33. The molecule has 2 fully saturated rings. The zero-order chi connectivity index (χ0) is 13.0. The van der Waals surface area contributed by atoms with E-state index in [2.05, 4.69) is 18.7 Å². The van der Waals surface area contributed by atoms with E-state index in [0.717, 1.165) is 18.8 Å². The predicted molar refractivity (Wildman–Crippen MR) is 76.7 cm³/mol. The molecule has 2 atom stereocenters. The topological polar surface area (TPSA) is 23.5 Å². The van der Waals surface area contributed by atoms with Crippen LogP contribution in [0.25, 0.3) is 0 Å². The van der Waals surface area contributed by atoms with E-state index in [1.165, 1.54) is 58.2 Å². The first-order valence-corrected chi connectivity index (χ1v) is 8.08. The van der Waals surface area contributed by atoms with Crippen molar-refractivity contribution >= 4 is 0 Å². The molecule has 0 aromatic heterocycles. The third kappa shape index (κ3) is 3.48. The molecule has 1 aliphatic heterocycles. The number of aliphatic hydroxyl groups excluding tert-OH is 1. The third-order valence-corrected chi connectivity index (χ3v) is 4.95. The van der Waals surface area contributed by atoms with E-state index >= 15 is 0 Å². The van der Waals surface area contributed by atoms with E-state index in [-0.39, 0.29) is 6.10 Å². The molecule has 2 nitrogen and oxygen atoms in total. The molecule has 2 aliphatic rings. The quantitative estimate of drug-likeness (QED) is 0.784. The molecule has 2 rings (SSSR count). The summed E-state index contributed by atoms with van der Waals surface area (Å²) in [6, 6.07) is 0. The third-order valence-electron chi connectivity index (χ3n) is 4.95. The van der Waals surface area contributed by atoms with Gasteiger partial charge in [-0.15, -0.1) is 0 Å². The molecule has 0 aromatic carbocycles. The maximum absolute atomic E-state index is 9.74. The highest BCUT2D eigenvalue weighted by Crippen LogP contribution is 2.40. The second-order valence-corrected chi connectivity index (χ2v) is 6.86. The molecule has 0 amide bonds. The Kier molecular flexibility index (Phi) is 5.08. The Bertz CT molecular complexity index is 237. The molecule has 18 heavy (non-hydrogen) atoms. The number of likely N-dealkylation sites (tertiary alicyclic amines) is 1. The molecule has 1 saturated heterocycles. The maximum atomic E-state index is 9.74. The van der Waals surface area contributed by atoms with Crippen molar-refractivity contribution in [3.63, 3.8) is 0 Å². The van der Waals surface area contributed by atoms with Crippen LogP contribution in [0.1, 0.15) is 65.2 Å². The van der Waals surface area contributed by atoms with Gasteiger partial charge in [0.2, 0.25) is 0 Å². The molecule has 1 saturated carbocycles. The van der Waals surface area contributed by atoms with Gasteiger partial charge in [0.05, 0.1) is 6.10 Å². The van der Waals surface area contributed by atoms with Crippen molar-refractivity contribution in [2.24, 2.45) is 11.3 Å². The second kappa shape index (κ2) is 6.38. The summed E-state index contributed by atoms with van der Waals surface area (Å²) in [4.78, 5) is 2.65.